The average molecular weight is 496 g/mol. The topological polar surface area (TPSA) is 84.6 Å². The SMILES string of the molecule is CC(C)(C)[C@H]1CCc2c(sc(N=Cc3ccc([N+](=O)[O-])cc3)c2C(=O)Nc2ccc(Cl)cc2)C1. The summed E-state index contributed by atoms with van der Waals surface area (Å²) in [4.78, 5) is 29.7. The first-order valence-electron chi connectivity index (χ1n) is 11.1. The molecule has 0 saturated heterocycles. The van der Waals surface area contributed by atoms with Crippen molar-refractivity contribution in [2.75, 3.05) is 5.32 Å². The van der Waals surface area contributed by atoms with Gasteiger partial charge in [-0.3, -0.25) is 14.9 Å². The molecule has 34 heavy (non-hydrogen) atoms. The number of hydrogen-bond acceptors (Lipinski definition) is 5. The summed E-state index contributed by atoms with van der Waals surface area (Å²) in [5.74, 6) is 0.349. The van der Waals surface area contributed by atoms with E-state index in [1.807, 2.05) is 0 Å². The van der Waals surface area contributed by atoms with Gasteiger partial charge in [-0.05, 0) is 78.1 Å². The summed E-state index contributed by atoms with van der Waals surface area (Å²) < 4.78 is 0. The number of anilines is 1. The Balaban J connectivity index is 1.68. The van der Waals surface area contributed by atoms with Crippen LogP contribution in [0.25, 0.3) is 0 Å². The fourth-order valence-corrected chi connectivity index (χ4v) is 5.57. The number of thiophene rings is 1. The van der Waals surface area contributed by atoms with Crippen LogP contribution in [0, 0.1) is 21.4 Å². The molecule has 0 spiro atoms. The lowest BCUT2D eigenvalue weighted by molar-refractivity contribution is -0.384. The van der Waals surface area contributed by atoms with Crippen LogP contribution in [0.4, 0.5) is 16.4 Å². The number of aliphatic imine (C=N–C) groups is 1. The number of halogens is 1. The molecule has 8 heteroatoms. The number of nitro benzene ring substituents is 1. The molecule has 1 amide bonds. The van der Waals surface area contributed by atoms with Gasteiger partial charge in [-0.15, -0.1) is 11.3 Å². The highest BCUT2D eigenvalue weighted by Crippen LogP contribution is 2.45. The molecule has 1 heterocycles. The third-order valence-corrected chi connectivity index (χ3v) is 7.65. The second-order valence-electron chi connectivity index (χ2n) is 9.56. The average Bonchev–Trinajstić information content (AvgIpc) is 3.16. The van der Waals surface area contributed by atoms with E-state index in [0.29, 0.717) is 27.2 Å². The van der Waals surface area contributed by atoms with Crippen molar-refractivity contribution in [1.82, 2.24) is 0 Å². The summed E-state index contributed by atoms with van der Waals surface area (Å²) in [6.07, 6.45) is 4.45. The first kappa shape index (κ1) is 24.1. The van der Waals surface area contributed by atoms with E-state index in [1.54, 1.807) is 53.9 Å². The van der Waals surface area contributed by atoms with Crippen molar-refractivity contribution in [2.24, 2.45) is 16.3 Å². The smallest absolute Gasteiger partial charge is 0.269 e. The Bertz CT molecular complexity index is 1240. The van der Waals surface area contributed by atoms with Crippen molar-refractivity contribution >= 4 is 51.4 Å². The molecule has 0 radical (unpaired) electrons. The summed E-state index contributed by atoms with van der Waals surface area (Å²) in [7, 11) is 0. The van der Waals surface area contributed by atoms with Crippen molar-refractivity contribution in [3.05, 3.63) is 85.2 Å². The Hall–Kier alpha value is -3.03. The van der Waals surface area contributed by atoms with Crippen molar-refractivity contribution in [3.8, 4) is 0 Å². The number of rotatable bonds is 5. The van der Waals surface area contributed by atoms with E-state index in [1.165, 1.54) is 17.0 Å². The molecule has 0 fully saturated rings. The van der Waals surface area contributed by atoms with Gasteiger partial charge in [-0.2, -0.15) is 0 Å². The van der Waals surface area contributed by atoms with Crippen LogP contribution in [0.2, 0.25) is 5.02 Å². The van der Waals surface area contributed by atoms with E-state index in [2.05, 4.69) is 31.1 Å². The zero-order valence-electron chi connectivity index (χ0n) is 19.3. The van der Waals surface area contributed by atoms with E-state index in [0.717, 1.165) is 30.4 Å². The monoisotopic (exact) mass is 495 g/mol. The number of non-ortho nitro benzene ring substituents is 1. The van der Waals surface area contributed by atoms with Gasteiger partial charge in [-0.1, -0.05) is 32.4 Å². The second kappa shape index (κ2) is 9.68. The van der Waals surface area contributed by atoms with Gasteiger partial charge in [0.1, 0.15) is 5.00 Å². The number of amides is 1. The van der Waals surface area contributed by atoms with Crippen LogP contribution in [-0.2, 0) is 12.8 Å². The zero-order chi connectivity index (χ0) is 24.5. The standard InChI is InChI=1S/C26H26ClN3O3S/c1-26(2,3)17-6-13-21-22(14-17)34-25(28-15-16-4-11-20(12-5-16)30(32)33)23(21)24(31)29-19-9-7-18(27)8-10-19/h4-5,7-12,15,17H,6,13-14H2,1-3H3,(H,29,31)/t17-/m0/s1. The molecular weight excluding hydrogens is 470 g/mol. The van der Waals surface area contributed by atoms with Crippen molar-refractivity contribution < 1.29 is 9.72 Å². The fraction of sp³-hybridized carbons (Fsp3) is 0.308. The summed E-state index contributed by atoms with van der Waals surface area (Å²) in [5.41, 5.74) is 3.31. The van der Waals surface area contributed by atoms with Gasteiger partial charge < -0.3 is 5.32 Å². The Morgan fingerprint density at radius 2 is 1.85 bits per heavy atom. The van der Waals surface area contributed by atoms with Gasteiger partial charge in [0.05, 0.1) is 10.5 Å². The summed E-state index contributed by atoms with van der Waals surface area (Å²) in [5, 5.41) is 15.2. The lowest BCUT2D eigenvalue weighted by Gasteiger charge is -2.33. The van der Waals surface area contributed by atoms with Crippen LogP contribution < -0.4 is 5.32 Å². The number of hydrogen-bond donors (Lipinski definition) is 1. The van der Waals surface area contributed by atoms with Crippen LogP contribution >= 0.6 is 22.9 Å². The van der Waals surface area contributed by atoms with Gasteiger partial charge in [0.25, 0.3) is 11.6 Å². The number of carbonyl (C=O) groups is 1. The predicted octanol–water partition coefficient (Wildman–Crippen LogP) is 7.46. The van der Waals surface area contributed by atoms with Gasteiger partial charge in [-0.25, -0.2) is 4.99 Å². The molecule has 176 valence electrons. The first-order chi connectivity index (χ1) is 16.1. The quantitative estimate of drug-likeness (QED) is 0.226. The molecule has 1 aliphatic carbocycles. The Kier molecular flexibility index (Phi) is 6.86. The summed E-state index contributed by atoms with van der Waals surface area (Å²) in [6.45, 7) is 6.79. The highest BCUT2D eigenvalue weighted by atomic mass is 35.5. The predicted molar refractivity (Wildman–Crippen MR) is 139 cm³/mol. The van der Waals surface area contributed by atoms with Crippen LogP contribution in [0.5, 0.6) is 0 Å². The lowest BCUT2D eigenvalue weighted by atomic mass is 9.72. The molecule has 1 atom stereocenters. The van der Waals surface area contributed by atoms with E-state index >= 15 is 0 Å². The lowest BCUT2D eigenvalue weighted by Crippen LogP contribution is -2.27. The number of fused-ring (bicyclic) bond motifs is 1. The van der Waals surface area contributed by atoms with Gasteiger partial charge in [0, 0.05) is 33.9 Å². The summed E-state index contributed by atoms with van der Waals surface area (Å²) in [6, 6.07) is 13.2. The largest absolute Gasteiger partial charge is 0.322 e. The second-order valence-corrected chi connectivity index (χ2v) is 11.1. The Labute approximate surface area is 207 Å². The number of benzene rings is 2. The molecule has 1 aromatic heterocycles. The molecule has 2 aromatic carbocycles. The number of nitrogens with one attached hydrogen (secondary N) is 1. The van der Waals surface area contributed by atoms with Crippen molar-refractivity contribution in [2.45, 2.75) is 40.0 Å². The minimum atomic E-state index is -0.431. The van der Waals surface area contributed by atoms with E-state index in [4.69, 9.17) is 11.6 Å². The third kappa shape index (κ3) is 5.37. The fourth-order valence-electron chi connectivity index (χ4n) is 4.18. The molecule has 0 unspecified atom stereocenters. The van der Waals surface area contributed by atoms with E-state index in [9.17, 15) is 14.9 Å². The highest BCUT2D eigenvalue weighted by molar-refractivity contribution is 7.16. The number of nitrogens with zero attached hydrogens (tertiary/aromatic N) is 2. The van der Waals surface area contributed by atoms with Crippen molar-refractivity contribution in [1.29, 1.82) is 0 Å². The van der Waals surface area contributed by atoms with Gasteiger partial charge in [0.2, 0.25) is 0 Å². The van der Waals surface area contributed by atoms with Crippen LogP contribution in [0.15, 0.2) is 53.5 Å². The van der Waals surface area contributed by atoms with E-state index in [-0.39, 0.29) is 17.0 Å². The normalized spacial score (nSPS) is 15.8. The minimum Gasteiger partial charge on any atom is -0.322 e. The zero-order valence-corrected chi connectivity index (χ0v) is 20.9. The third-order valence-electron chi connectivity index (χ3n) is 6.24. The number of nitro groups is 1. The molecule has 0 saturated carbocycles. The molecule has 0 aliphatic heterocycles. The first-order valence-corrected chi connectivity index (χ1v) is 12.3. The van der Waals surface area contributed by atoms with Crippen molar-refractivity contribution in [3.63, 3.8) is 0 Å². The molecular formula is C26H26ClN3O3S. The van der Waals surface area contributed by atoms with Gasteiger partial charge in [0.15, 0.2) is 0 Å². The summed E-state index contributed by atoms with van der Waals surface area (Å²) >= 11 is 7.54. The maximum atomic E-state index is 13.4. The maximum absolute atomic E-state index is 13.4. The molecule has 0 bridgehead atoms. The van der Waals surface area contributed by atoms with Crippen LogP contribution in [0.1, 0.15) is 53.6 Å². The molecule has 4 rings (SSSR count). The highest BCUT2D eigenvalue weighted by Gasteiger charge is 2.33. The van der Waals surface area contributed by atoms with Gasteiger partial charge >= 0.3 is 0 Å². The molecule has 6 nitrogen and oxygen atoms in total. The molecule has 1 N–H and O–H groups in total. The molecule has 3 aromatic rings. The minimum absolute atomic E-state index is 0.0278. The Morgan fingerprint density at radius 3 is 2.47 bits per heavy atom. The van der Waals surface area contributed by atoms with Crippen LogP contribution in [0.3, 0.4) is 0 Å². The Morgan fingerprint density at radius 1 is 1.18 bits per heavy atom. The van der Waals surface area contributed by atoms with Crippen LogP contribution in [-0.4, -0.2) is 17.0 Å². The maximum Gasteiger partial charge on any atom is 0.269 e. The van der Waals surface area contributed by atoms with E-state index < -0.39 is 4.92 Å². The molecule has 1 aliphatic rings. The number of carbonyl (C=O) groups excluding carboxylic acids is 1.